The smallest absolute Gasteiger partial charge is 0.374 e. The third-order valence-corrected chi connectivity index (χ3v) is 3.39. The van der Waals surface area contributed by atoms with E-state index in [2.05, 4.69) is 4.74 Å². The SMILES string of the molecule is COC(=O)c1ccc(S(=O)(=O)N(C)C)o1. The minimum atomic E-state index is -3.64. The molecule has 0 amide bonds. The fourth-order valence-corrected chi connectivity index (χ4v) is 1.64. The molecular formula is C8H11NO5S. The number of hydrogen-bond donors (Lipinski definition) is 0. The fourth-order valence-electron chi connectivity index (χ4n) is 0.849. The maximum atomic E-state index is 11.5. The maximum absolute atomic E-state index is 11.5. The number of sulfonamides is 1. The van der Waals surface area contributed by atoms with Crippen molar-refractivity contribution in [3.8, 4) is 0 Å². The number of nitrogens with zero attached hydrogens (tertiary/aromatic N) is 1. The van der Waals surface area contributed by atoms with Gasteiger partial charge in [-0.3, -0.25) is 0 Å². The fraction of sp³-hybridized carbons (Fsp3) is 0.375. The topological polar surface area (TPSA) is 76.8 Å². The van der Waals surface area contributed by atoms with Gasteiger partial charge in [0.05, 0.1) is 7.11 Å². The summed E-state index contributed by atoms with van der Waals surface area (Å²) in [4.78, 5) is 11.0. The van der Waals surface area contributed by atoms with E-state index in [0.717, 1.165) is 4.31 Å². The first-order valence-corrected chi connectivity index (χ1v) is 5.44. The number of hydrogen-bond acceptors (Lipinski definition) is 5. The Labute approximate surface area is 87.5 Å². The van der Waals surface area contributed by atoms with Crippen molar-refractivity contribution in [3.63, 3.8) is 0 Å². The molecule has 1 aromatic heterocycles. The van der Waals surface area contributed by atoms with Crippen LogP contribution in [0.15, 0.2) is 21.6 Å². The van der Waals surface area contributed by atoms with E-state index < -0.39 is 16.0 Å². The van der Waals surface area contributed by atoms with Gasteiger partial charge in [-0.15, -0.1) is 0 Å². The first kappa shape index (κ1) is 11.7. The minimum absolute atomic E-state index is 0.141. The lowest BCUT2D eigenvalue weighted by atomic mass is 10.5. The van der Waals surface area contributed by atoms with E-state index in [0.29, 0.717) is 0 Å². The third kappa shape index (κ3) is 2.18. The predicted octanol–water partition coefficient (Wildman–Crippen LogP) is 0.317. The van der Waals surface area contributed by atoms with Crippen LogP contribution in [0, 0.1) is 0 Å². The number of esters is 1. The molecule has 1 rings (SSSR count). The molecule has 1 aromatic rings. The molecule has 7 heteroatoms. The third-order valence-electron chi connectivity index (χ3n) is 1.70. The zero-order chi connectivity index (χ0) is 11.6. The van der Waals surface area contributed by atoms with E-state index in [1.807, 2.05) is 0 Å². The Balaban J connectivity index is 3.10. The highest BCUT2D eigenvalue weighted by atomic mass is 32.2. The molecule has 0 atom stereocenters. The molecule has 0 unspecified atom stereocenters. The van der Waals surface area contributed by atoms with Crippen LogP contribution in [0.2, 0.25) is 0 Å². The van der Waals surface area contributed by atoms with Gasteiger partial charge in [-0.05, 0) is 12.1 Å². The van der Waals surface area contributed by atoms with Crippen LogP contribution in [-0.2, 0) is 14.8 Å². The highest BCUT2D eigenvalue weighted by molar-refractivity contribution is 7.88. The molecule has 0 aliphatic heterocycles. The zero-order valence-electron chi connectivity index (χ0n) is 8.55. The predicted molar refractivity (Wildman–Crippen MR) is 50.9 cm³/mol. The summed E-state index contributed by atoms with van der Waals surface area (Å²) in [5.74, 6) is -0.854. The van der Waals surface area contributed by atoms with Gasteiger partial charge in [0.2, 0.25) is 10.9 Å². The molecule has 6 nitrogen and oxygen atoms in total. The van der Waals surface area contributed by atoms with Crippen molar-refractivity contribution in [2.24, 2.45) is 0 Å². The Bertz CT molecular complexity index is 459. The largest absolute Gasteiger partial charge is 0.463 e. The summed E-state index contributed by atoms with van der Waals surface area (Å²) in [5.41, 5.74) is 0. The monoisotopic (exact) mass is 233 g/mol. The molecule has 0 fully saturated rings. The van der Waals surface area contributed by atoms with Crippen molar-refractivity contribution >= 4 is 16.0 Å². The average Bonchev–Trinajstić information content (AvgIpc) is 2.65. The number of ether oxygens (including phenoxy) is 1. The van der Waals surface area contributed by atoms with Gasteiger partial charge >= 0.3 is 5.97 Å². The Morgan fingerprint density at radius 3 is 2.47 bits per heavy atom. The number of carbonyl (C=O) groups is 1. The van der Waals surface area contributed by atoms with Crippen molar-refractivity contribution in [2.45, 2.75) is 5.09 Å². The summed E-state index contributed by atoms with van der Waals surface area (Å²) in [6, 6.07) is 2.46. The molecule has 84 valence electrons. The van der Waals surface area contributed by atoms with Crippen molar-refractivity contribution in [2.75, 3.05) is 21.2 Å². The average molecular weight is 233 g/mol. The lowest BCUT2D eigenvalue weighted by Gasteiger charge is -2.07. The van der Waals surface area contributed by atoms with Gasteiger partial charge < -0.3 is 9.15 Å². The van der Waals surface area contributed by atoms with Crippen molar-refractivity contribution in [1.29, 1.82) is 0 Å². The van der Waals surface area contributed by atoms with Crippen LogP contribution in [-0.4, -0.2) is 39.9 Å². The molecule has 0 saturated heterocycles. The van der Waals surface area contributed by atoms with Gasteiger partial charge in [-0.1, -0.05) is 0 Å². The number of carbonyl (C=O) groups excluding carboxylic acids is 1. The van der Waals surface area contributed by atoms with E-state index in [4.69, 9.17) is 4.42 Å². The van der Waals surface area contributed by atoms with Crippen LogP contribution >= 0.6 is 0 Å². The Morgan fingerprint density at radius 2 is 2.00 bits per heavy atom. The van der Waals surface area contributed by atoms with E-state index in [-0.39, 0.29) is 10.9 Å². The molecule has 15 heavy (non-hydrogen) atoms. The lowest BCUT2D eigenvalue weighted by molar-refractivity contribution is 0.0559. The molecule has 0 aromatic carbocycles. The summed E-state index contributed by atoms with van der Waals surface area (Å²) >= 11 is 0. The van der Waals surface area contributed by atoms with E-state index in [1.165, 1.54) is 33.3 Å². The first-order chi connectivity index (χ1) is 6.89. The molecule has 0 radical (unpaired) electrons. The molecule has 1 heterocycles. The number of furan rings is 1. The second-order valence-electron chi connectivity index (χ2n) is 2.90. The molecule has 0 aliphatic rings. The zero-order valence-corrected chi connectivity index (χ0v) is 9.37. The Hall–Kier alpha value is -1.34. The van der Waals surface area contributed by atoms with E-state index in [9.17, 15) is 13.2 Å². The van der Waals surface area contributed by atoms with E-state index in [1.54, 1.807) is 0 Å². The first-order valence-electron chi connectivity index (χ1n) is 4.00. The van der Waals surface area contributed by atoms with Gasteiger partial charge in [0.15, 0.2) is 0 Å². The molecule has 0 saturated carbocycles. The number of methoxy groups -OCH3 is 1. The summed E-state index contributed by atoms with van der Waals surface area (Å²) in [6.07, 6.45) is 0. The number of rotatable bonds is 3. The van der Waals surface area contributed by atoms with Gasteiger partial charge in [-0.2, -0.15) is 0 Å². The van der Waals surface area contributed by atoms with Crippen LogP contribution in [0.3, 0.4) is 0 Å². The van der Waals surface area contributed by atoms with E-state index >= 15 is 0 Å². The molecule has 0 aliphatic carbocycles. The van der Waals surface area contributed by atoms with Gasteiger partial charge in [0.25, 0.3) is 10.0 Å². The van der Waals surface area contributed by atoms with Gasteiger partial charge in [0, 0.05) is 14.1 Å². The maximum Gasteiger partial charge on any atom is 0.374 e. The van der Waals surface area contributed by atoms with Crippen LogP contribution in [0.1, 0.15) is 10.6 Å². The van der Waals surface area contributed by atoms with Crippen LogP contribution < -0.4 is 0 Å². The van der Waals surface area contributed by atoms with Gasteiger partial charge in [0.1, 0.15) is 0 Å². The highest BCUT2D eigenvalue weighted by Crippen LogP contribution is 2.17. The molecule has 0 spiro atoms. The van der Waals surface area contributed by atoms with Crippen molar-refractivity contribution < 1.29 is 22.4 Å². The second kappa shape index (κ2) is 4.03. The summed E-state index contributed by atoms with van der Waals surface area (Å²) in [7, 11) is 0.288. The van der Waals surface area contributed by atoms with Crippen molar-refractivity contribution in [1.82, 2.24) is 4.31 Å². The highest BCUT2D eigenvalue weighted by Gasteiger charge is 2.23. The lowest BCUT2D eigenvalue weighted by Crippen LogP contribution is -2.21. The van der Waals surface area contributed by atoms with Gasteiger partial charge in [-0.25, -0.2) is 17.5 Å². The van der Waals surface area contributed by atoms with Crippen LogP contribution in [0.25, 0.3) is 0 Å². The molecule has 0 N–H and O–H groups in total. The Kier molecular flexibility index (Phi) is 3.15. The minimum Gasteiger partial charge on any atom is -0.463 e. The second-order valence-corrected chi connectivity index (χ2v) is 4.98. The standard InChI is InChI=1S/C8H11NO5S/c1-9(2)15(11,12)7-5-4-6(14-7)8(10)13-3/h4-5H,1-3H3. The summed E-state index contributed by atoms with van der Waals surface area (Å²) in [6.45, 7) is 0. The summed E-state index contributed by atoms with van der Waals surface area (Å²) < 4.78 is 33.3. The molecule has 0 bridgehead atoms. The van der Waals surface area contributed by atoms with Crippen LogP contribution in [0.5, 0.6) is 0 Å². The van der Waals surface area contributed by atoms with Crippen LogP contribution in [0.4, 0.5) is 0 Å². The quantitative estimate of drug-likeness (QED) is 0.702. The normalized spacial score (nSPS) is 11.7. The molecular weight excluding hydrogens is 222 g/mol. The summed E-state index contributed by atoms with van der Waals surface area (Å²) in [5, 5.41) is -0.284. The van der Waals surface area contributed by atoms with Crippen molar-refractivity contribution in [3.05, 3.63) is 17.9 Å². The Morgan fingerprint density at radius 1 is 1.40 bits per heavy atom.